The van der Waals surface area contributed by atoms with Gasteiger partial charge in [-0.2, -0.15) is 4.98 Å². The summed E-state index contributed by atoms with van der Waals surface area (Å²) in [7, 11) is 1.54. The monoisotopic (exact) mass is 487 g/mol. The van der Waals surface area contributed by atoms with Crippen molar-refractivity contribution < 1.29 is 19.4 Å². The second kappa shape index (κ2) is 9.68. The predicted molar refractivity (Wildman–Crippen MR) is 131 cm³/mol. The van der Waals surface area contributed by atoms with Crippen molar-refractivity contribution >= 4 is 29.3 Å². The number of methoxy groups -OCH3 is 1. The molecular weight excluding hydrogens is 458 g/mol. The number of carbonyl (C=O) groups is 1. The van der Waals surface area contributed by atoms with Crippen molar-refractivity contribution in [2.45, 2.75) is 51.9 Å². The Morgan fingerprint density at radius 1 is 1.26 bits per heavy atom. The molecule has 0 bridgehead atoms. The Morgan fingerprint density at radius 2 is 2.00 bits per heavy atom. The molecule has 0 radical (unpaired) electrons. The minimum atomic E-state index is -0.512. The average Bonchev–Trinajstić information content (AvgIpc) is 3.21. The van der Waals surface area contributed by atoms with Crippen LogP contribution in [-0.4, -0.2) is 57.4 Å². The molecule has 0 aliphatic carbocycles. The van der Waals surface area contributed by atoms with E-state index in [0.29, 0.717) is 27.8 Å². The first-order chi connectivity index (χ1) is 16.2. The van der Waals surface area contributed by atoms with E-state index in [1.807, 2.05) is 43.6 Å². The van der Waals surface area contributed by atoms with E-state index in [0.717, 1.165) is 37.3 Å². The number of amides is 1. The number of hydrogen-bond donors (Lipinski definition) is 2. The van der Waals surface area contributed by atoms with Crippen LogP contribution in [0, 0.1) is 0 Å². The van der Waals surface area contributed by atoms with Crippen molar-refractivity contribution in [3.8, 4) is 17.0 Å². The van der Waals surface area contributed by atoms with E-state index in [-0.39, 0.29) is 18.7 Å². The molecule has 0 saturated carbocycles. The van der Waals surface area contributed by atoms with E-state index in [9.17, 15) is 9.90 Å². The Balaban J connectivity index is 1.48. The summed E-state index contributed by atoms with van der Waals surface area (Å²) >= 11 is 6.31. The molecule has 1 amide bonds. The highest BCUT2D eigenvalue weighted by atomic mass is 35.5. The summed E-state index contributed by atoms with van der Waals surface area (Å²) in [5, 5.41) is 13.2. The number of piperidine rings is 1. The van der Waals surface area contributed by atoms with Crippen LogP contribution < -0.4 is 15.0 Å². The molecule has 34 heavy (non-hydrogen) atoms. The molecule has 182 valence electrons. The number of benzene rings is 1. The van der Waals surface area contributed by atoms with E-state index in [1.165, 1.54) is 7.11 Å². The molecule has 0 spiro atoms. The fraction of sp³-hybridized carbons (Fsp3) is 0.458. The van der Waals surface area contributed by atoms with Crippen molar-refractivity contribution in [2.24, 2.45) is 0 Å². The van der Waals surface area contributed by atoms with Gasteiger partial charge in [0.05, 0.1) is 24.4 Å². The first kappa shape index (κ1) is 24.1. The van der Waals surface area contributed by atoms with Crippen LogP contribution in [0.4, 0.5) is 10.6 Å². The summed E-state index contributed by atoms with van der Waals surface area (Å²) in [5.74, 6) is 1.89. The highest BCUT2D eigenvalue weighted by Crippen LogP contribution is 2.34. The highest BCUT2D eigenvalue weighted by molar-refractivity contribution is 6.32. The predicted octanol–water partition coefficient (Wildman–Crippen LogP) is 4.04. The molecule has 10 heteroatoms. The molecule has 2 N–H and O–H groups in total. The van der Waals surface area contributed by atoms with Gasteiger partial charge in [0.15, 0.2) is 0 Å². The lowest BCUT2D eigenvalue weighted by Gasteiger charge is -2.33. The summed E-state index contributed by atoms with van der Waals surface area (Å²) in [6.07, 6.45) is 5.01. The molecule has 1 fully saturated rings. The standard InChI is InChI=1S/C24H30ClN5O4/c1-24(2,3)34-23(32)26-16-5-8-29(9-6-16)21-7-10-30-13-19(27-22(30)28-21)17-12-18(25)20(33-4)11-15(17)14-31/h7,10-13,16,31H,5-6,8-9,14H2,1-4H3,(H,26,32). The fourth-order valence-electron chi connectivity index (χ4n) is 4.02. The number of nitrogens with one attached hydrogen (secondary N) is 1. The van der Waals surface area contributed by atoms with Gasteiger partial charge < -0.3 is 24.8 Å². The fourth-order valence-corrected chi connectivity index (χ4v) is 4.26. The number of alkyl carbamates (subject to hydrolysis) is 1. The van der Waals surface area contributed by atoms with Crippen LogP contribution >= 0.6 is 11.6 Å². The van der Waals surface area contributed by atoms with Crippen molar-refractivity contribution in [3.63, 3.8) is 0 Å². The quantitative estimate of drug-likeness (QED) is 0.560. The summed E-state index contributed by atoms with van der Waals surface area (Å²) in [4.78, 5) is 23.6. The molecule has 4 rings (SSSR count). The number of aliphatic hydroxyl groups excluding tert-OH is 1. The first-order valence-corrected chi connectivity index (χ1v) is 11.6. The molecule has 0 unspecified atom stereocenters. The Kier molecular flexibility index (Phi) is 6.86. The van der Waals surface area contributed by atoms with Crippen LogP contribution in [0.15, 0.2) is 30.6 Å². The number of imidazole rings is 1. The number of halogens is 1. The van der Waals surface area contributed by atoms with Gasteiger partial charge in [-0.05, 0) is 57.4 Å². The largest absolute Gasteiger partial charge is 0.495 e. The first-order valence-electron chi connectivity index (χ1n) is 11.2. The number of ether oxygens (including phenoxy) is 2. The van der Waals surface area contributed by atoms with Crippen LogP contribution in [0.2, 0.25) is 5.02 Å². The van der Waals surface area contributed by atoms with Crippen LogP contribution in [0.25, 0.3) is 17.0 Å². The van der Waals surface area contributed by atoms with Gasteiger partial charge in [-0.3, -0.25) is 4.40 Å². The molecule has 1 aliphatic heterocycles. The minimum absolute atomic E-state index is 0.0737. The molecule has 3 aromatic rings. The lowest BCUT2D eigenvalue weighted by atomic mass is 10.1. The van der Waals surface area contributed by atoms with Gasteiger partial charge >= 0.3 is 6.09 Å². The highest BCUT2D eigenvalue weighted by Gasteiger charge is 2.24. The van der Waals surface area contributed by atoms with Gasteiger partial charge in [-0.25, -0.2) is 9.78 Å². The molecule has 1 aromatic carbocycles. The second-order valence-corrected chi connectivity index (χ2v) is 9.74. The van der Waals surface area contributed by atoms with Crippen LogP contribution in [0.5, 0.6) is 5.75 Å². The van der Waals surface area contributed by atoms with Gasteiger partial charge in [0.2, 0.25) is 5.78 Å². The van der Waals surface area contributed by atoms with E-state index in [1.54, 1.807) is 12.1 Å². The van der Waals surface area contributed by atoms with Gasteiger partial charge in [0, 0.05) is 37.1 Å². The zero-order valence-corrected chi connectivity index (χ0v) is 20.6. The Morgan fingerprint density at radius 3 is 2.65 bits per heavy atom. The number of hydrogen-bond acceptors (Lipinski definition) is 7. The van der Waals surface area contributed by atoms with Gasteiger partial charge in [-0.1, -0.05) is 11.6 Å². The Hall–Kier alpha value is -3.04. The van der Waals surface area contributed by atoms with Crippen LogP contribution in [0.3, 0.4) is 0 Å². The van der Waals surface area contributed by atoms with Crippen molar-refractivity contribution in [1.82, 2.24) is 19.7 Å². The zero-order chi connectivity index (χ0) is 24.5. The molecule has 2 aromatic heterocycles. The van der Waals surface area contributed by atoms with Crippen molar-refractivity contribution in [3.05, 3.63) is 41.2 Å². The molecule has 3 heterocycles. The molecule has 9 nitrogen and oxygen atoms in total. The molecule has 0 atom stereocenters. The average molecular weight is 488 g/mol. The lowest BCUT2D eigenvalue weighted by Crippen LogP contribution is -2.46. The van der Waals surface area contributed by atoms with Crippen molar-refractivity contribution in [1.29, 1.82) is 0 Å². The Bertz CT molecular complexity index is 1180. The zero-order valence-electron chi connectivity index (χ0n) is 19.8. The maximum atomic E-state index is 12.0. The second-order valence-electron chi connectivity index (χ2n) is 9.33. The SMILES string of the molecule is COc1cc(CO)c(-c2cn3ccc(N4CCC(NC(=O)OC(C)(C)C)CC4)nc3n2)cc1Cl. The maximum absolute atomic E-state index is 12.0. The van der Waals surface area contributed by atoms with Crippen molar-refractivity contribution in [2.75, 3.05) is 25.1 Å². The summed E-state index contributed by atoms with van der Waals surface area (Å²) in [6, 6.07) is 5.49. The Labute approximate surface area is 203 Å². The number of carbonyl (C=O) groups excluding carboxylic acids is 1. The van der Waals surface area contributed by atoms with Gasteiger partial charge in [-0.15, -0.1) is 0 Å². The summed E-state index contributed by atoms with van der Waals surface area (Å²) in [5.41, 5.74) is 1.56. The van der Waals surface area contributed by atoms with Gasteiger partial charge in [0.25, 0.3) is 0 Å². The number of fused-ring (bicyclic) bond motifs is 1. The number of nitrogens with zero attached hydrogens (tertiary/aromatic N) is 4. The maximum Gasteiger partial charge on any atom is 0.407 e. The third kappa shape index (κ3) is 5.37. The molecular formula is C24H30ClN5O4. The topological polar surface area (TPSA) is 101 Å². The number of rotatable bonds is 5. The van der Waals surface area contributed by atoms with E-state index in [4.69, 9.17) is 26.1 Å². The molecule has 1 saturated heterocycles. The van der Waals surface area contributed by atoms with Gasteiger partial charge in [0.1, 0.15) is 17.2 Å². The lowest BCUT2D eigenvalue weighted by molar-refractivity contribution is 0.0497. The number of aromatic nitrogens is 3. The van der Waals surface area contributed by atoms with Crippen LogP contribution in [0.1, 0.15) is 39.2 Å². The third-order valence-electron chi connectivity index (χ3n) is 5.68. The van der Waals surface area contributed by atoms with E-state index in [2.05, 4.69) is 15.2 Å². The van der Waals surface area contributed by atoms with Crippen LogP contribution in [-0.2, 0) is 11.3 Å². The van der Waals surface area contributed by atoms with E-state index >= 15 is 0 Å². The molecule has 1 aliphatic rings. The number of aliphatic hydroxyl groups is 1. The normalized spacial score (nSPS) is 14.9. The van der Waals surface area contributed by atoms with E-state index < -0.39 is 5.60 Å². The third-order valence-corrected chi connectivity index (χ3v) is 5.97. The smallest absolute Gasteiger partial charge is 0.407 e. The summed E-state index contributed by atoms with van der Waals surface area (Å²) < 4.78 is 12.5. The summed E-state index contributed by atoms with van der Waals surface area (Å²) in [6.45, 7) is 6.92. The minimum Gasteiger partial charge on any atom is -0.495 e. The number of anilines is 1.